The summed E-state index contributed by atoms with van der Waals surface area (Å²) < 4.78 is 17.9. The van der Waals surface area contributed by atoms with Crippen LogP contribution in [0.1, 0.15) is 120 Å². The van der Waals surface area contributed by atoms with Crippen molar-refractivity contribution < 1.29 is 23.8 Å². The Morgan fingerprint density at radius 3 is 1.58 bits per heavy atom. The number of aldehydes is 1. The van der Waals surface area contributed by atoms with E-state index in [9.17, 15) is 9.59 Å². The Labute approximate surface area is 330 Å². The summed E-state index contributed by atoms with van der Waals surface area (Å²) in [6.07, 6.45) is 10.7. The summed E-state index contributed by atoms with van der Waals surface area (Å²) in [5.41, 5.74) is 5.11. The number of benzene rings is 4. The lowest BCUT2D eigenvalue weighted by Crippen LogP contribution is -2.50. The smallest absolute Gasteiger partial charge is 0.311 e. The first-order valence-electron chi connectivity index (χ1n) is 20.8. The van der Waals surface area contributed by atoms with E-state index in [0.717, 1.165) is 91.3 Å². The van der Waals surface area contributed by atoms with Gasteiger partial charge in [0.05, 0.1) is 30.8 Å². The van der Waals surface area contributed by atoms with Crippen molar-refractivity contribution in [2.75, 3.05) is 20.2 Å². The van der Waals surface area contributed by atoms with Crippen molar-refractivity contribution in [3.8, 4) is 11.5 Å². The van der Waals surface area contributed by atoms with Crippen LogP contribution < -0.4 is 9.47 Å². The minimum atomic E-state index is -0.0999. The van der Waals surface area contributed by atoms with Gasteiger partial charge in [-0.25, -0.2) is 0 Å². The van der Waals surface area contributed by atoms with Gasteiger partial charge in [-0.3, -0.25) is 14.5 Å². The highest BCUT2D eigenvalue weighted by Gasteiger charge is 2.35. The molecule has 55 heavy (non-hydrogen) atoms. The Hall–Kier alpha value is -3.90. The first-order valence-corrected chi connectivity index (χ1v) is 20.8. The molecule has 6 nitrogen and oxygen atoms in total. The Morgan fingerprint density at radius 2 is 1.11 bits per heavy atom. The minimum Gasteiger partial charge on any atom is -0.490 e. The van der Waals surface area contributed by atoms with Gasteiger partial charge in [-0.15, -0.1) is 0 Å². The van der Waals surface area contributed by atoms with Gasteiger partial charge in [0.25, 0.3) is 0 Å². The summed E-state index contributed by atoms with van der Waals surface area (Å²) in [5, 5.41) is 4.67. The molecule has 0 aromatic heterocycles. The summed E-state index contributed by atoms with van der Waals surface area (Å²) in [6, 6.07) is 20.9. The van der Waals surface area contributed by atoms with Gasteiger partial charge in [0, 0.05) is 25.2 Å². The fourth-order valence-electron chi connectivity index (χ4n) is 9.31. The number of fused-ring (bicyclic) bond motifs is 2. The molecule has 0 radical (unpaired) electrons. The topological polar surface area (TPSA) is 65.1 Å². The third-order valence-corrected chi connectivity index (χ3v) is 13.0. The van der Waals surface area contributed by atoms with E-state index >= 15 is 0 Å². The number of methoxy groups -OCH3 is 1. The second-order valence-electron chi connectivity index (χ2n) is 18.8. The third-order valence-electron chi connectivity index (χ3n) is 13.0. The minimum absolute atomic E-state index is 0.00115. The normalized spacial score (nSPS) is 22.3. The van der Waals surface area contributed by atoms with Crippen molar-refractivity contribution in [1.29, 1.82) is 0 Å². The molecular formula is C49H65NO5. The van der Waals surface area contributed by atoms with Gasteiger partial charge in [0.1, 0.15) is 11.5 Å². The van der Waals surface area contributed by atoms with Crippen LogP contribution in [0.15, 0.2) is 60.7 Å². The Kier molecular flexibility index (Phi) is 12.7. The van der Waals surface area contributed by atoms with Crippen molar-refractivity contribution in [3.05, 3.63) is 82.9 Å². The molecule has 3 fully saturated rings. The number of ether oxygens (including phenoxy) is 3. The molecule has 2 saturated carbocycles. The van der Waals surface area contributed by atoms with Crippen molar-refractivity contribution in [1.82, 2.24) is 4.90 Å². The fourth-order valence-corrected chi connectivity index (χ4v) is 9.31. The van der Waals surface area contributed by atoms with Gasteiger partial charge in [0.15, 0.2) is 6.29 Å². The van der Waals surface area contributed by atoms with Crippen LogP contribution in [0.25, 0.3) is 21.5 Å². The predicted molar refractivity (Wildman–Crippen MR) is 225 cm³/mol. The zero-order valence-corrected chi connectivity index (χ0v) is 35.0. The number of nitrogens with zero attached hydrogens (tertiary/aromatic N) is 1. The highest BCUT2D eigenvalue weighted by Crippen LogP contribution is 2.42. The maximum atomic E-state index is 11.8. The Balaban J connectivity index is 0.000000193. The third kappa shape index (κ3) is 9.56. The largest absolute Gasteiger partial charge is 0.490 e. The van der Waals surface area contributed by atoms with E-state index in [1.165, 1.54) is 54.7 Å². The molecule has 296 valence electrons. The highest BCUT2D eigenvalue weighted by molar-refractivity contribution is 6.02. The molecule has 3 aliphatic rings. The van der Waals surface area contributed by atoms with E-state index in [4.69, 9.17) is 14.2 Å². The van der Waals surface area contributed by atoms with Crippen LogP contribution in [0.4, 0.5) is 0 Å². The van der Waals surface area contributed by atoms with E-state index in [0.29, 0.717) is 16.4 Å². The molecule has 0 spiro atoms. The van der Waals surface area contributed by atoms with Gasteiger partial charge in [-0.05, 0) is 133 Å². The van der Waals surface area contributed by atoms with E-state index in [-0.39, 0.29) is 24.1 Å². The molecule has 1 heterocycles. The average Bonchev–Trinajstić information content (AvgIpc) is 3.14. The predicted octanol–water partition coefficient (Wildman–Crippen LogP) is 11.7. The summed E-state index contributed by atoms with van der Waals surface area (Å²) in [5.74, 6) is 3.22. The second kappa shape index (κ2) is 17.1. The molecule has 2 aliphatic carbocycles. The van der Waals surface area contributed by atoms with Crippen molar-refractivity contribution in [2.24, 2.45) is 28.6 Å². The van der Waals surface area contributed by atoms with Gasteiger partial charge < -0.3 is 14.2 Å². The Bertz CT molecular complexity index is 1950. The van der Waals surface area contributed by atoms with E-state index in [1.807, 2.05) is 24.3 Å². The van der Waals surface area contributed by atoms with Crippen molar-refractivity contribution >= 4 is 33.8 Å². The molecule has 1 saturated heterocycles. The molecule has 0 amide bonds. The van der Waals surface area contributed by atoms with Crippen LogP contribution >= 0.6 is 0 Å². The molecule has 4 aromatic carbocycles. The van der Waals surface area contributed by atoms with Crippen molar-refractivity contribution in [2.45, 2.75) is 126 Å². The summed E-state index contributed by atoms with van der Waals surface area (Å²) in [6.45, 7) is 20.6. The van der Waals surface area contributed by atoms with Gasteiger partial charge in [-0.1, -0.05) is 90.1 Å². The fraction of sp³-hybridized carbons (Fsp3) is 0.551. The summed E-state index contributed by atoms with van der Waals surface area (Å²) in [7, 11) is 1.47. The number of hydrogen-bond donors (Lipinski definition) is 0. The SMILES string of the molecule is COC(=O)C1CN(Cc2c(OC3CCC(C(C)(C)C)CC3)cc(C)c3ccccc23)C1.Cc1cc(OC2CCC(C(C)(C)C)CC2)c(C=O)c2ccccc12. The van der Waals surface area contributed by atoms with Crippen molar-refractivity contribution in [3.63, 3.8) is 0 Å². The molecule has 4 aromatic rings. The van der Waals surface area contributed by atoms with Crippen LogP contribution in [0.5, 0.6) is 11.5 Å². The molecule has 0 atom stereocenters. The number of likely N-dealkylation sites (tertiary alicyclic amines) is 1. The van der Waals surface area contributed by atoms with E-state index in [1.54, 1.807) is 0 Å². The monoisotopic (exact) mass is 747 g/mol. The molecular weight excluding hydrogens is 683 g/mol. The van der Waals surface area contributed by atoms with Crippen LogP contribution in [-0.4, -0.2) is 49.6 Å². The van der Waals surface area contributed by atoms with Gasteiger partial charge >= 0.3 is 5.97 Å². The zero-order chi connectivity index (χ0) is 39.5. The zero-order valence-electron chi connectivity index (χ0n) is 35.0. The number of carbonyl (C=O) groups excluding carboxylic acids is 2. The standard InChI is InChI=1S/C27H37NO3.C22H28O2/c1-18-14-25(31-21-12-10-20(11-13-21)27(2,3)4)24(23-9-7-6-8-22(18)23)17-28-15-19(16-28)26(29)30-5;1-15-13-21(20(14-23)19-8-6-5-7-18(15)19)24-17-11-9-16(10-12-17)22(2,3)4/h6-9,14,19-21H,10-13,15-17H2,1-5H3;5-8,13-14,16-17H,9-12H2,1-4H3. The lowest BCUT2D eigenvalue weighted by molar-refractivity contribution is -0.151. The molecule has 0 N–H and O–H groups in total. The number of aryl methyl sites for hydroxylation is 2. The first-order chi connectivity index (χ1) is 26.2. The average molecular weight is 748 g/mol. The van der Waals surface area contributed by atoms with E-state index in [2.05, 4.69) is 96.7 Å². The number of hydrogen-bond acceptors (Lipinski definition) is 6. The summed E-state index contributed by atoms with van der Waals surface area (Å²) >= 11 is 0. The maximum Gasteiger partial charge on any atom is 0.311 e. The highest BCUT2D eigenvalue weighted by atomic mass is 16.5. The number of carbonyl (C=O) groups is 2. The quantitative estimate of drug-likeness (QED) is 0.132. The molecule has 0 unspecified atom stereocenters. The molecule has 1 aliphatic heterocycles. The van der Waals surface area contributed by atoms with Gasteiger partial charge in [-0.2, -0.15) is 0 Å². The lowest BCUT2D eigenvalue weighted by Gasteiger charge is -2.39. The number of esters is 1. The van der Waals surface area contributed by atoms with E-state index < -0.39 is 0 Å². The van der Waals surface area contributed by atoms with Crippen LogP contribution in [-0.2, 0) is 16.1 Å². The van der Waals surface area contributed by atoms with Crippen LogP contribution in [0, 0.1) is 42.4 Å². The second-order valence-corrected chi connectivity index (χ2v) is 18.8. The summed E-state index contributed by atoms with van der Waals surface area (Å²) in [4.78, 5) is 25.8. The first kappa shape index (κ1) is 40.8. The molecule has 6 heteroatoms. The molecule has 7 rings (SSSR count). The molecule has 0 bridgehead atoms. The van der Waals surface area contributed by atoms with Crippen LogP contribution in [0.2, 0.25) is 0 Å². The maximum absolute atomic E-state index is 11.8. The van der Waals surface area contributed by atoms with Crippen LogP contribution in [0.3, 0.4) is 0 Å². The van der Waals surface area contributed by atoms with Gasteiger partial charge in [0.2, 0.25) is 0 Å². The number of rotatable bonds is 8. The lowest BCUT2D eigenvalue weighted by atomic mass is 9.72. The Morgan fingerprint density at radius 1 is 0.673 bits per heavy atom.